The highest BCUT2D eigenvalue weighted by atomic mass is 16.5. The smallest absolute Gasteiger partial charge is 0.262 e. The predicted molar refractivity (Wildman–Crippen MR) is 104 cm³/mol. The van der Waals surface area contributed by atoms with Gasteiger partial charge in [0.25, 0.3) is 5.91 Å². The molecule has 144 valence electrons. The lowest BCUT2D eigenvalue weighted by Crippen LogP contribution is -2.49. The van der Waals surface area contributed by atoms with Crippen molar-refractivity contribution in [1.82, 2.24) is 15.6 Å². The molecule has 0 saturated heterocycles. The zero-order valence-electron chi connectivity index (χ0n) is 15.9. The monoisotopic (exact) mass is 379 g/mol. The second kappa shape index (κ2) is 7.56. The number of nitriles is 1. The number of aromatic hydroxyl groups is 1. The van der Waals surface area contributed by atoms with Crippen LogP contribution in [-0.4, -0.2) is 42.2 Å². The molecule has 1 aromatic carbocycles. The molecule has 1 aliphatic rings. The summed E-state index contributed by atoms with van der Waals surface area (Å²) in [5, 5.41) is 25.7. The van der Waals surface area contributed by atoms with Gasteiger partial charge in [-0.1, -0.05) is 13.8 Å². The summed E-state index contributed by atoms with van der Waals surface area (Å²) in [5.41, 5.74) is 1.06. The number of hydrogen-bond donors (Lipinski definition) is 3. The van der Waals surface area contributed by atoms with Crippen LogP contribution in [0.5, 0.6) is 11.6 Å². The molecule has 0 atom stereocenters. The van der Waals surface area contributed by atoms with Gasteiger partial charge in [-0.25, -0.2) is 4.98 Å². The van der Waals surface area contributed by atoms with E-state index in [0.29, 0.717) is 36.1 Å². The van der Waals surface area contributed by atoms with Crippen LogP contribution in [-0.2, 0) is 0 Å². The Balaban J connectivity index is 2.04. The second-order valence-electron chi connectivity index (χ2n) is 7.22. The van der Waals surface area contributed by atoms with Gasteiger partial charge in [0.15, 0.2) is 5.96 Å². The zero-order valence-corrected chi connectivity index (χ0v) is 15.9. The molecule has 8 nitrogen and oxygen atoms in total. The fraction of sp³-hybridized carbons (Fsp3) is 0.300. The number of hydrogen-bond acceptors (Lipinski definition) is 7. The number of methoxy groups -OCH3 is 1. The fourth-order valence-corrected chi connectivity index (χ4v) is 2.87. The summed E-state index contributed by atoms with van der Waals surface area (Å²) in [6.45, 7) is 5.36. The third-order valence-electron chi connectivity index (χ3n) is 4.40. The Kier molecular flexibility index (Phi) is 5.18. The summed E-state index contributed by atoms with van der Waals surface area (Å²) in [4.78, 5) is 21.4. The van der Waals surface area contributed by atoms with E-state index in [1.165, 1.54) is 25.4 Å². The van der Waals surface area contributed by atoms with Crippen molar-refractivity contribution in [3.05, 3.63) is 41.6 Å². The van der Waals surface area contributed by atoms with Crippen molar-refractivity contribution in [1.29, 1.82) is 5.26 Å². The van der Waals surface area contributed by atoms with Crippen LogP contribution in [0.25, 0.3) is 11.1 Å². The van der Waals surface area contributed by atoms with E-state index >= 15 is 0 Å². The number of benzene rings is 1. The standard InChI is InChI=1S/C20H21N5O3/c1-20(2)10-23-19(24-11-20)25-18(27)17-14(26)5-4-13(9-21)16(17)12-6-7-22-15(8-12)28-3/h4-8,26H,10-11H2,1-3H3,(H2,23,24,25,27). The lowest BCUT2D eigenvalue weighted by Gasteiger charge is -2.29. The maximum atomic E-state index is 13.0. The Labute approximate surface area is 162 Å². The lowest BCUT2D eigenvalue weighted by atomic mass is 9.93. The molecule has 1 aliphatic heterocycles. The first-order valence-corrected chi connectivity index (χ1v) is 8.71. The van der Waals surface area contributed by atoms with Crippen molar-refractivity contribution in [2.24, 2.45) is 10.4 Å². The van der Waals surface area contributed by atoms with Crippen molar-refractivity contribution in [2.45, 2.75) is 13.8 Å². The number of pyridine rings is 1. The number of guanidine groups is 1. The minimum atomic E-state index is -0.564. The molecule has 0 fully saturated rings. The number of phenolic OH excluding ortho intramolecular Hbond substituents is 1. The molecule has 3 N–H and O–H groups in total. The van der Waals surface area contributed by atoms with Crippen LogP contribution in [0.1, 0.15) is 29.8 Å². The first-order valence-electron chi connectivity index (χ1n) is 8.71. The Bertz CT molecular complexity index is 992. The van der Waals surface area contributed by atoms with E-state index in [9.17, 15) is 15.2 Å². The van der Waals surface area contributed by atoms with Gasteiger partial charge < -0.3 is 15.2 Å². The zero-order chi connectivity index (χ0) is 20.3. The van der Waals surface area contributed by atoms with Gasteiger partial charge in [-0.15, -0.1) is 0 Å². The normalized spacial score (nSPS) is 15.0. The number of nitrogens with one attached hydrogen (secondary N) is 2. The van der Waals surface area contributed by atoms with Crippen molar-refractivity contribution in [3.8, 4) is 28.8 Å². The predicted octanol–water partition coefficient (Wildman–Crippen LogP) is 2.05. The molecule has 1 aromatic heterocycles. The molecule has 1 amide bonds. The minimum Gasteiger partial charge on any atom is -0.507 e. The first-order chi connectivity index (χ1) is 13.3. The minimum absolute atomic E-state index is 0.00412. The van der Waals surface area contributed by atoms with E-state index in [1.54, 1.807) is 12.1 Å². The van der Waals surface area contributed by atoms with Crippen LogP contribution < -0.4 is 15.4 Å². The van der Waals surface area contributed by atoms with Gasteiger partial charge in [0.1, 0.15) is 5.75 Å². The van der Waals surface area contributed by atoms with Crippen LogP contribution in [0.2, 0.25) is 0 Å². The molecule has 0 bridgehead atoms. The molecule has 28 heavy (non-hydrogen) atoms. The van der Waals surface area contributed by atoms with Gasteiger partial charge in [-0.05, 0) is 23.8 Å². The number of aliphatic imine (C=N–C) groups is 1. The van der Waals surface area contributed by atoms with Gasteiger partial charge in [0.2, 0.25) is 5.88 Å². The van der Waals surface area contributed by atoms with E-state index in [1.807, 2.05) is 0 Å². The van der Waals surface area contributed by atoms with E-state index in [2.05, 4.69) is 40.5 Å². The van der Waals surface area contributed by atoms with Crippen molar-refractivity contribution in [2.75, 3.05) is 20.2 Å². The third kappa shape index (κ3) is 3.88. The molecular weight excluding hydrogens is 358 g/mol. The highest BCUT2D eigenvalue weighted by Gasteiger charge is 2.26. The van der Waals surface area contributed by atoms with Gasteiger partial charge in [-0.3, -0.25) is 15.1 Å². The molecule has 3 rings (SSSR count). The summed E-state index contributed by atoms with van der Waals surface area (Å²) < 4.78 is 5.14. The summed E-state index contributed by atoms with van der Waals surface area (Å²) in [6, 6.07) is 8.11. The van der Waals surface area contributed by atoms with E-state index in [-0.39, 0.29) is 22.3 Å². The van der Waals surface area contributed by atoms with Crippen molar-refractivity contribution in [3.63, 3.8) is 0 Å². The lowest BCUT2D eigenvalue weighted by molar-refractivity contribution is 0.0972. The number of phenols is 1. The second-order valence-corrected chi connectivity index (χ2v) is 7.22. The average Bonchev–Trinajstić information content (AvgIpc) is 2.69. The Morgan fingerprint density at radius 3 is 2.82 bits per heavy atom. The summed E-state index contributed by atoms with van der Waals surface area (Å²) >= 11 is 0. The van der Waals surface area contributed by atoms with E-state index < -0.39 is 5.91 Å². The molecule has 0 radical (unpaired) electrons. The number of nitrogens with zero attached hydrogens (tertiary/aromatic N) is 3. The Morgan fingerprint density at radius 2 is 2.18 bits per heavy atom. The third-order valence-corrected chi connectivity index (χ3v) is 4.40. The van der Waals surface area contributed by atoms with Crippen LogP contribution in [0.3, 0.4) is 0 Å². The fourth-order valence-electron chi connectivity index (χ4n) is 2.87. The number of rotatable bonds is 3. The molecule has 2 heterocycles. The maximum absolute atomic E-state index is 13.0. The summed E-state index contributed by atoms with van der Waals surface area (Å²) in [7, 11) is 1.47. The van der Waals surface area contributed by atoms with E-state index in [0.717, 1.165) is 0 Å². The summed E-state index contributed by atoms with van der Waals surface area (Å²) in [6.07, 6.45) is 1.51. The highest BCUT2D eigenvalue weighted by molar-refractivity contribution is 6.11. The average molecular weight is 379 g/mol. The van der Waals surface area contributed by atoms with Crippen LogP contribution in [0.15, 0.2) is 35.5 Å². The number of carbonyl (C=O) groups is 1. The van der Waals surface area contributed by atoms with Crippen molar-refractivity contribution < 1.29 is 14.6 Å². The first kappa shape index (κ1) is 19.2. The van der Waals surface area contributed by atoms with Crippen LogP contribution >= 0.6 is 0 Å². The number of aromatic nitrogens is 1. The van der Waals surface area contributed by atoms with Crippen molar-refractivity contribution >= 4 is 11.9 Å². The highest BCUT2D eigenvalue weighted by Crippen LogP contribution is 2.34. The molecular formula is C20H21N5O3. The van der Waals surface area contributed by atoms with Gasteiger partial charge in [0, 0.05) is 36.3 Å². The molecule has 0 saturated carbocycles. The number of ether oxygens (including phenoxy) is 1. The topological polar surface area (TPSA) is 120 Å². The number of amides is 1. The molecule has 0 aliphatic carbocycles. The van der Waals surface area contributed by atoms with Crippen LogP contribution in [0.4, 0.5) is 0 Å². The molecule has 2 aromatic rings. The molecule has 0 unspecified atom stereocenters. The van der Waals surface area contributed by atoms with E-state index in [4.69, 9.17) is 4.74 Å². The van der Waals surface area contributed by atoms with Gasteiger partial charge in [-0.2, -0.15) is 5.26 Å². The Morgan fingerprint density at radius 1 is 1.39 bits per heavy atom. The largest absolute Gasteiger partial charge is 0.507 e. The molecule has 8 heteroatoms. The summed E-state index contributed by atoms with van der Waals surface area (Å²) in [5.74, 6) is -0.133. The number of carbonyl (C=O) groups excluding carboxylic acids is 1. The van der Waals surface area contributed by atoms with Crippen LogP contribution in [0, 0.1) is 16.7 Å². The molecule has 0 spiro atoms. The quantitative estimate of drug-likeness (QED) is 0.751. The van der Waals surface area contributed by atoms with Gasteiger partial charge >= 0.3 is 0 Å². The SMILES string of the molecule is COc1cc(-c2c(C#N)ccc(O)c2C(=O)NC2=NCC(C)(C)CN2)ccn1. The Hall–Kier alpha value is -3.60. The van der Waals surface area contributed by atoms with Gasteiger partial charge in [0.05, 0.1) is 24.3 Å². The maximum Gasteiger partial charge on any atom is 0.262 e.